The van der Waals surface area contributed by atoms with Crippen LogP contribution in [0.4, 0.5) is 0 Å². The molecule has 0 amide bonds. The maximum atomic E-state index is 4.34. The Morgan fingerprint density at radius 3 is 3.19 bits per heavy atom. The molecule has 0 bridgehead atoms. The summed E-state index contributed by atoms with van der Waals surface area (Å²) in [6.45, 7) is 4.34. The Hall–Kier alpha value is -1.09. The lowest BCUT2D eigenvalue weighted by Gasteiger charge is -2.01. The number of hydrogen-bond donors (Lipinski definition) is 1. The van der Waals surface area contributed by atoms with Gasteiger partial charge in [-0.1, -0.05) is 13.0 Å². The van der Waals surface area contributed by atoms with Crippen LogP contribution in [-0.4, -0.2) is 22.1 Å². The molecule has 3 heteroatoms. The van der Waals surface area contributed by atoms with Crippen molar-refractivity contribution in [1.82, 2.24) is 14.9 Å². The van der Waals surface area contributed by atoms with Crippen LogP contribution < -0.4 is 5.32 Å². The van der Waals surface area contributed by atoms with Crippen LogP contribution in [0.2, 0.25) is 0 Å². The Balaban J connectivity index is 1.73. The molecule has 1 fully saturated rings. The maximum Gasteiger partial charge on any atom is 0.132 e. The molecular formula is C13H21N3. The van der Waals surface area contributed by atoms with Crippen molar-refractivity contribution in [3.8, 4) is 0 Å². The van der Waals surface area contributed by atoms with Crippen molar-refractivity contribution < 1.29 is 0 Å². The number of hydrogen-bond acceptors (Lipinski definition) is 2. The lowest BCUT2D eigenvalue weighted by atomic mass is 10.3. The van der Waals surface area contributed by atoms with E-state index in [1.54, 1.807) is 0 Å². The van der Waals surface area contributed by atoms with Gasteiger partial charge in [0.25, 0.3) is 0 Å². The molecule has 88 valence electrons. The largest absolute Gasteiger partial charge is 0.332 e. The van der Waals surface area contributed by atoms with Crippen LogP contribution in [0.1, 0.15) is 38.4 Å². The zero-order valence-corrected chi connectivity index (χ0v) is 10.0. The molecule has 1 heterocycles. The minimum Gasteiger partial charge on any atom is -0.332 e. The minimum atomic E-state index is 0.815. The van der Waals surface area contributed by atoms with Gasteiger partial charge in [0.1, 0.15) is 5.82 Å². The predicted molar refractivity (Wildman–Crippen MR) is 67.2 cm³/mol. The molecule has 0 radical (unpaired) electrons. The highest BCUT2D eigenvalue weighted by Gasteiger charge is 2.19. The molecule has 1 N–H and O–H groups in total. The predicted octanol–water partition coefficient (Wildman–Crippen LogP) is 2.45. The van der Waals surface area contributed by atoms with E-state index in [-0.39, 0.29) is 0 Å². The molecule has 0 aromatic carbocycles. The summed E-state index contributed by atoms with van der Waals surface area (Å²) in [5.74, 6) is 1.08. The second-order valence-corrected chi connectivity index (χ2v) is 4.40. The lowest BCUT2D eigenvalue weighted by molar-refractivity contribution is 0.671. The SMILES string of the molecule is CCCn1ccnc1C=CCCNC1CC1. The van der Waals surface area contributed by atoms with Crippen molar-refractivity contribution in [2.24, 2.45) is 0 Å². The van der Waals surface area contributed by atoms with E-state index in [1.807, 2.05) is 12.4 Å². The fraction of sp³-hybridized carbons (Fsp3) is 0.615. The fourth-order valence-electron chi connectivity index (χ4n) is 1.76. The van der Waals surface area contributed by atoms with E-state index in [2.05, 4.69) is 33.9 Å². The first-order valence-corrected chi connectivity index (χ1v) is 6.31. The first kappa shape index (κ1) is 11.4. The number of imidazole rings is 1. The lowest BCUT2D eigenvalue weighted by Crippen LogP contribution is -2.16. The Morgan fingerprint density at radius 2 is 2.44 bits per heavy atom. The van der Waals surface area contributed by atoms with Crippen LogP contribution in [0.5, 0.6) is 0 Å². The molecule has 0 atom stereocenters. The third-order valence-corrected chi connectivity index (χ3v) is 2.80. The average molecular weight is 219 g/mol. The first-order chi connectivity index (χ1) is 7.90. The van der Waals surface area contributed by atoms with Gasteiger partial charge in [-0.05, 0) is 38.3 Å². The second kappa shape index (κ2) is 5.85. The van der Waals surface area contributed by atoms with Gasteiger partial charge >= 0.3 is 0 Å². The fourth-order valence-corrected chi connectivity index (χ4v) is 1.76. The monoisotopic (exact) mass is 219 g/mol. The quantitative estimate of drug-likeness (QED) is 0.714. The molecule has 1 aromatic rings. The van der Waals surface area contributed by atoms with Crippen LogP contribution in [-0.2, 0) is 6.54 Å². The van der Waals surface area contributed by atoms with E-state index in [9.17, 15) is 0 Å². The summed E-state index contributed by atoms with van der Waals surface area (Å²) in [7, 11) is 0. The molecule has 2 rings (SSSR count). The summed E-state index contributed by atoms with van der Waals surface area (Å²) in [6.07, 6.45) is 13.2. The molecule has 1 aliphatic carbocycles. The van der Waals surface area contributed by atoms with E-state index in [0.29, 0.717) is 0 Å². The van der Waals surface area contributed by atoms with Gasteiger partial charge in [0.15, 0.2) is 0 Å². The molecule has 1 saturated carbocycles. The topological polar surface area (TPSA) is 29.9 Å². The number of nitrogens with zero attached hydrogens (tertiary/aromatic N) is 2. The van der Waals surface area contributed by atoms with Crippen LogP contribution in [0.15, 0.2) is 18.5 Å². The Morgan fingerprint density at radius 1 is 1.56 bits per heavy atom. The molecule has 0 saturated heterocycles. The van der Waals surface area contributed by atoms with E-state index >= 15 is 0 Å². The van der Waals surface area contributed by atoms with E-state index < -0.39 is 0 Å². The van der Waals surface area contributed by atoms with Gasteiger partial charge < -0.3 is 9.88 Å². The van der Waals surface area contributed by atoms with E-state index in [1.165, 1.54) is 12.8 Å². The van der Waals surface area contributed by atoms with Crippen LogP contribution in [0.3, 0.4) is 0 Å². The highest BCUT2D eigenvalue weighted by Crippen LogP contribution is 2.18. The first-order valence-electron chi connectivity index (χ1n) is 6.31. The third-order valence-electron chi connectivity index (χ3n) is 2.80. The second-order valence-electron chi connectivity index (χ2n) is 4.40. The summed E-state index contributed by atoms with van der Waals surface area (Å²) in [6, 6.07) is 0.815. The Labute approximate surface area is 97.6 Å². The summed E-state index contributed by atoms with van der Waals surface area (Å²) >= 11 is 0. The summed E-state index contributed by atoms with van der Waals surface area (Å²) in [4.78, 5) is 4.34. The van der Waals surface area contributed by atoms with Gasteiger partial charge in [-0.2, -0.15) is 0 Å². The molecule has 1 aromatic heterocycles. The molecular weight excluding hydrogens is 198 g/mol. The molecule has 3 nitrogen and oxygen atoms in total. The average Bonchev–Trinajstić information content (AvgIpc) is 3.00. The summed E-state index contributed by atoms with van der Waals surface area (Å²) in [5.41, 5.74) is 0. The minimum absolute atomic E-state index is 0.815. The highest BCUT2D eigenvalue weighted by molar-refractivity contribution is 5.40. The number of nitrogens with one attached hydrogen (secondary N) is 1. The molecule has 1 aliphatic rings. The number of aryl methyl sites for hydroxylation is 1. The van der Waals surface area contributed by atoms with E-state index in [4.69, 9.17) is 0 Å². The van der Waals surface area contributed by atoms with Crippen molar-refractivity contribution in [1.29, 1.82) is 0 Å². The number of rotatable bonds is 7. The molecule has 0 unspecified atom stereocenters. The Bertz CT molecular complexity index is 337. The van der Waals surface area contributed by atoms with Gasteiger partial charge in [-0.15, -0.1) is 0 Å². The molecule has 0 spiro atoms. The molecule has 0 aliphatic heterocycles. The zero-order chi connectivity index (χ0) is 11.2. The van der Waals surface area contributed by atoms with Crippen LogP contribution in [0.25, 0.3) is 6.08 Å². The summed E-state index contributed by atoms with van der Waals surface area (Å²) in [5, 5.41) is 3.50. The van der Waals surface area contributed by atoms with Gasteiger partial charge in [0.05, 0.1) is 0 Å². The van der Waals surface area contributed by atoms with E-state index in [0.717, 1.165) is 37.8 Å². The van der Waals surface area contributed by atoms with Crippen LogP contribution >= 0.6 is 0 Å². The highest BCUT2D eigenvalue weighted by atomic mass is 15.0. The van der Waals surface area contributed by atoms with Crippen molar-refractivity contribution in [3.05, 3.63) is 24.3 Å². The normalized spacial score (nSPS) is 16.1. The number of aromatic nitrogens is 2. The zero-order valence-electron chi connectivity index (χ0n) is 10.0. The maximum absolute atomic E-state index is 4.34. The Kier molecular flexibility index (Phi) is 4.17. The van der Waals surface area contributed by atoms with Crippen molar-refractivity contribution in [2.75, 3.05) is 6.54 Å². The third kappa shape index (κ3) is 3.49. The van der Waals surface area contributed by atoms with Gasteiger partial charge in [-0.3, -0.25) is 0 Å². The van der Waals surface area contributed by atoms with Crippen molar-refractivity contribution >= 4 is 6.08 Å². The smallest absolute Gasteiger partial charge is 0.132 e. The standard InChI is InChI=1S/C13H21N3/c1-2-10-16-11-9-15-13(16)5-3-4-8-14-12-6-7-12/h3,5,9,11-12,14H,2,4,6-8,10H2,1H3. The van der Waals surface area contributed by atoms with Crippen molar-refractivity contribution in [2.45, 2.75) is 45.2 Å². The molecule has 16 heavy (non-hydrogen) atoms. The van der Waals surface area contributed by atoms with Gasteiger partial charge in [-0.25, -0.2) is 4.98 Å². The summed E-state index contributed by atoms with van der Waals surface area (Å²) < 4.78 is 2.20. The van der Waals surface area contributed by atoms with Crippen LogP contribution in [0, 0.1) is 0 Å². The van der Waals surface area contributed by atoms with Gasteiger partial charge in [0, 0.05) is 25.0 Å². The van der Waals surface area contributed by atoms with Gasteiger partial charge in [0.2, 0.25) is 0 Å². The van der Waals surface area contributed by atoms with Crippen molar-refractivity contribution in [3.63, 3.8) is 0 Å².